The number of rotatable bonds is 1. The Labute approximate surface area is 51.1 Å². The number of carbonyl (C=O) groups is 1. The van der Waals surface area contributed by atoms with Gasteiger partial charge in [0, 0.05) is 6.20 Å². The van der Waals surface area contributed by atoms with Crippen molar-refractivity contribution in [3.63, 3.8) is 0 Å². The lowest BCUT2D eigenvalue weighted by Gasteiger charge is -1.69. The van der Waals surface area contributed by atoms with Gasteiger partial charge in [0.15, 0.2) is 17.8 Å². The molecule has 1 rings (SSSR count). The number of aromatic amines is 1. The van der Waals surface area contributed by atoms with Gasteiger partial charge in [-0.3, -0.25) is 4.79 Å². The van der Waals surface area contributed by atoms with E-state index in [4.69, 9.17) is 5.26 Å². The quantitative estimate of drug-likeness (QED) is 0.535. The van der Waals surface area contributed by atoms with Crippen molar-refractivity contribution in [2.45, 2.75) is 0 Å². The minimum absolute atomic E-state index is 0.187. The molecule has 0 atom stereocenters. The summed E-state index contributed by atoms with van der Waals surface area (Å²) in [4.78, 5) is 16.0. The van der Waals surface area contributed by atoms with Crippen LogP contribution in [-0.2, 0) is 0 Å². The molecule has 1 aromatic rings. The van der Waals surface area contributed by atoms with E-state index in [0.717, 1.165) is 0 Å². The van der Waals surface area contributed by atoms with Crippen molar-refractivity contribution in [1.29, 1.82) is 5.26 Å². The number of aromatic nitrogens is 2. The summed E-state index contributed by atoms with van der Waals surface area (Å²) >= 11 is 0. The van der Waals surface area contributed by atoms with Crippen molar-refractivity contribution in [2.24, 2.45) is 0 Å². The number of nitriles is 1. The fourth-order valence-electron chi connectivity index (χ4n) is 0.454. The predicted octanol–water partition coefficient (Wildman–Crippen LogP) is 0.0939. The number of hydrogen-bond acceptors (Lipinski definition) is 3. The molecule has 9 heavy (non-hydrogen) atoms. The van der Waals surface area contributed by atoms with Crippen LogP contribution < -0.4 is 0 Å². The van der Waals surface area contributed by atoms with Crippen molar-refractivity contribution >= 4 is 6.29 Å². The molecule has 0 radical (unpaired) electrons. The summed E-state index contributed by atoms with van der Waals surface area (Å²) in [5.74, 6) is 0.187. The smallest absolute Gasteiger partial charge is 0.185 e. The summed E-state index contributed by atoms with van der Waals surface area (Å²) < 4.78 is 0. The maximum Gasteiger partial charge on any atom is 0.185 e. The number of H-pyrrole nitrogens is 1. The Balaban J connectivity index is 3.03. The van der Waals surface area contributed by atoms with Crippen LogP contribution in [-0.4, -0.2) is 16.3 Å². The van der Waals surface area contributed by atoms with Gasteiger partial charge in [0.2, 0.25) is 0 Å². The van der Waals surface area contributed by atoms with E-state index < -0.39 is 0 Å². The number of carbonyl (C=O) groups excluding carboxylic acids is 1. The summed E-state index contributed by atoms with van der Waals surface area (Å²) in [6.07, 6.45) is 1.94. The molecule has 1 aromatic heterocycles. The molecule has 0 bridgehead atoms. The molecule has 44 valence electrons. The summed E-state index contributed by atoms with van der Waals surface area (Å²) in [7, 11) is 0. The van der Waals surface area contributed by atoms with Crippen LogP contribution in [0.5, 0.6) is 0 Å². The van der Waals surface area contributed by atoms with Gasteiger partial charge in [0.05, 0.1) is 0 Å². The molecule has 0 spiro atoms. The number of imidazole rings is 1. The largest absolute Gasteiger partial charge is 0.341 e. The first-order chi connectivity index (χ1) is 4.36. The Kier molecular flexibility index (Phi) is 1.28. The molecule has 1 heterocycles. The Morgan fingerprint density at radius 3 is 3.00 bits per heavy atom. The van der Waals surface area contributed by atoms with Crippen LogP contribution in [0.1, 0.15) is 16.3 Å². The van der Waals surface area contributed by atoms with E-state index in [9.17, 15) is 4.79 Å². The van der Waals surface area contributed by atoms with Crippen LogP contribution in [0.4, 0.5) is 0 Å². The molecule has 0 aliphatic carbocycles. The van der Waals surface area contributed by atoms with Gasteiger partial charge in [-0.1, -0.05) is 0 Å². The van der Waals surface area contributed by atoms with Gasteiger partial charge in [0.25, 0.3) is 0 Å². The molecule has 0 aliphatic rings. The summed E-state index contributed by atoms with van der Waals surface area (Å²) in [5.41, 5.74) is 0.233. The highest BCUT2D eigenvalue weighted by atomic mass is 16.1. The fourth-order valence-corrected chi connectivity index (χ4v) is 0.454. The average Bonchev–Trinajstić information content (AvgIpc) is 2.34. The van der Waals surface area contributed by atoms with E-state index in [0.29, 0.717) is 6.29 Å². The van der Waals surface area contributed by atoms with E-state index in [-0.39, 0.29) is 11.5 Å². The third-order valence-electron chi connectivity index (χ3n) is 0.824. The van der Waals surface area contributed by atoms with Gasteiger partial charge < -0.3 is 4.98 Å². The zero-order valence-electron chi connectivity index (χ0n) is 4.46. The van der Waals surface area contributed by atoms with Gasteiger partial charge in [0.1, 0.15) is 6.07 Å². The minimum atomic E-state index is 0.187. The van der Waals surface area contributed by atoms with Gasteiger partial charge in [-0.2, -0.15) is 5.26 Å². The lowest BCUT2D eigenvalue weighted by atomic mass is 10.5. The second-order valence-corrected chi connectivity index (χ2v) is 1.40. The number of aldehydes is 1. The molecule has 1 N–H and O–H groups in total. The maximum absolute atomic E-state index is 9.93. The van der Waals surface area contributed by atoms with E-state index in [1.54, 1.807) is 6.07 Å². The van der Waals surface area contributed by atoms with E-state index in [1.165, 1.54) is 6.20 Å². The third-order valence-corrected chi connectivity index (χ3v) is 0.824. The van der Waals surface area contributed by atoms with Crippen LogP contribution in [0.2, 0.25) is 0 Å². The van der Waals surface area contributed by atoms with Gasteiger partial charge in [-0.05, 0) is 0 Å². The van der Waals surface area contributed by atoms with Crippen molar-refractivity contribution in [3.05, 3.63) is 17.7 Å². The van der Waals surface area contributed by atoms with E-state index >= 15 is 0 Å². The van der Waals surface area contributed by atoms with Crippen LogP contribution >= 0.6 is 0 Å². The monoisotopic (exact) mass is 121 g/mol. The topological polar surface area (TPSA) is 69.5 Å². The van der Waals surface area contributed by atoms with Crippen molar-refractivity contribution in [1.82, 2.24) is 9.97 Å². The molecule has 0 aliphatic heterocycles. The zero-order valence-corrected chi connectivity index (χ0v) is 4.46. The predicted molar refractivity (Wildman–Crippen MR) is 28.7 cm³/mol. The highest BCUT2D eigenvalue weighted by Crippen LogP contribution is 1.89. The second kappa shape index (κ2) is 2.09. The molecular weight excluding hydrogens is 118 g/mol. The van der Waals surface area contributed by atoms with Crippen LogP contribution in [0.15, 0.2) is 6.20 Å². The summed E-state index contributed by atoms with van der Waals surface area (Å²) in [6, 6.07) is 1.78. The first-order valence-corrected chi connectivity index (χ1v) is 2.27. The van der Waals surface area contributed by atoms with Crippen molar-refractivity contribution in [3.8, 4) is 6.07 Å². The molecule has 0 saturated carbocycles. The van der Waals surface area contributed by atoms with Crippen LogP contribution in [0.3, 0.4) is 0 Å². The Bertz CT molecular complexity index is 257. The van der Waals surface area contributed by atoms with Crippen LogP contribution in [0.25, 0.3) is 0 Å². The standard InChI is InChI=1S/C5H3N3O/c6-1-4-2-7-5(3-9)8-4/h2-3H,(H,7,8). The minimum Gasteiger partial charge on any atom is -0.341 e. The molecule has 4 heteroatoms. The first-order valence-electron chi connectivity index (χ1n) is 2.27. The van der Waals surface area contributed by atoms with E-state index in [2.05, 4.69) is 9.97 Å². The van der Waals surface area contributed by atoms with Gasteiger partial charge >= 0.3 is 0 Å². The lowest BCUT2D eigenvalue weighted by molar-refractivity contribution is 0.111. The Morgan fingerprint density at radius 1 is 1.89 bits per heavy atom. The SMILES string of the molecule is N#Cc1c[nH]c(C=O)n1. The fraction of sp³-hybridized carbons (Fsp3) is 0. The molecule has 0 aromatic carbocycles. The molecular formula is C5H3N3O. The highest BCUT2D eigenvalue weighted by molar-refractivity contribution is 5.68. The Hall–Kier alpha value is -1.63. The number of nitrogens with zero attached hydrogens (tertiary/aromatic N) is 2. The number of hydrogen-bond donors (Lipinski definition) is 1. The summed E-state index contributed by atoms with van der Waals surface area (Å²) in [5, 5.41) is 8.20. The molecule has 0 saturated heterocycles. The molecule has 0 unspecified atom stereocenters. The molecule has 0 amide bonds. The van der Waals surface area contributed by atoms with Crippen molar-refractivity contribution in [2.75, 3.05) is 0 Å². The molecule has 0 fully saturated rings. The normalized spacial score (nSPS) is 8.33. The average molecular weight is 121 g/mol. The highest BCUT2D eigenvalue weighted by Gasteiger charge is 1.94. The maximum atomic E-state index is 9.93. The van der Waals surface area contributed by atoms with Crippen molar-refractivity contribution < 1.29 is 4.79 Å². The van der Waals surface area contributed by atoms with Gasteiger partial charge in [-0.15, -0.1) is 0 Å². The third kappa shape index (κ3) is 0.941. The van der Waals surface area contributed by atoms with Gasteiger partial charge in [-0.25, -0.2) is 4.98 Å². The molecule has 4 nitrogen and oxygen atoms in total. The summed E-state index contributed by atoms with van der Waals surface area (Å²) in [6.45, 7) is 0. The number of nitrogens with one attached hydrogen (secondary N) is 1. The van der Waals surface area contributed by atoms with Crippen LogP contribution in [0, 0.1) is 11.3 Å². The second-order valence-electron chi connectivity index (χ2n) is 1.40. The zero-order chi connectivity index (χ0) is 6.69. The Morgan fingerprint density at radius 2 is 2.67 bits per heavy atom. The van der Waals surface area contributed by atoms with E-state index in [1.807, 2.05) is 0 Å². The first kappa shape index (κ1) is 5.51. The lowest BCUT2D eigenvalue weighted by Crippen LogP contribution is -1.80.